The molecule has 13 heteroatoms. The van der Waals surface area contributed by atoms with Gasteiger partial charge in [-0.1, -0.05) is 0 Å². The number of hydrogen-bond donors (Lipinski definition) is 3. The van der Waals surface area contributed by atoms with Crippen molar-refractivity contribution in [3.63, 3.8) is 0 Å². The van der Waals surface area contributed by atoms with Gasteiger partial charge in [-0.05, 0) is 25.5 Å². The fourth-order valence-corrected chi connectivity index (χ4v) is 3.55. The van der Waals surface area contributed by atoms with Crippen LogP contribution >= 0.6 is 0 Å². The lowest BCUT2D eigenvalue weighted by atomic mass is 10.1. The van der Waals surface area contributed by atoms with Crippen LogP contribution in [0.3, 0.4) is 0 Å². The highest BCUT2D eigenvalue weighted by Gasteiger charge is 2.38. The second-order valence-electron chi connectivity index (χ2n) is 7.54. The summed E-state index contributed by atoms with van der Waals surface area (Å²) < 4.78 is 33.8. The van der Waals surface area contributed by atoms with E-state index in [0.717, 1.165) is 57.0 Å². The molecular weight excluding hydrogens is 429 g/mol. The first kappa shape index (κ1) is 23.6. The number of alkyl halides is 3. The van der Waals surface area contributed by atoms with E-state index in [4.69, 9.17) is 14.9 Å². The molecule has 0 radical (unpaired) electrons. The Balaban J connectivity index is 0.000000360. The van der Waals surface area contributed by atoms with Gasteiger partial charge >= 0.3 is 12.1 Å². The highest BCUT2D eigenvalue weighted by atomic mass is 19.4. The van der Waals surface area contributed by atoms with Crippen LogP contribution in [0.4, 0.5) is 30.9 Å². The number of aromatic nitrogens is 4. The Kier molecular flexibility index (Phi) is 7.72. The van der Waals surface area contributed by atoms with E-state index in [1.54, 1.807) is 0 Å². The predicted octanol–water partition coefficient (Wildman–Crippen LogP) is 1.33. The number of carboxylic acid groups (broad SMARTS) is 1. The van der Waals surface area contributed by atoms with Crippen molar-refractivity contribution >= 4 is 23.7 Å². The molecule has 1 atom stereocenters. The summed E-state index contributed by atoms with van der Waals surface area (Å²) in [6.07, 6.45) is 2.98. The zero-order valence-electron chi connectivity index (χ0n) is 17.7. The normalized spacial score (nSPS) is 19.2. The monoisotopic (exact) mass is 456 g/mol. The molecule has 0 spiro atoms. The van der Waals surface area contributed by atoms with Gasteiger partial charge in [-0.25, -0.2) is 14.8 Å². The van der Waals surface area contributed by atoms with Crippen molar-refractivity contribution < 1.29 is 23.1 Å². The fourth-order valence-electron chi connectivity index (χ4n) is 3.55. The van der Waals surface area contributed by atoms with E-state index in [-0.39, 0.29) is 0 Å². The molecule has 10 nitrogen and oxygen atoms in total. The van der Waals surface area contributed by atoms with Crippen LogP contribution in [-0.4, -0.2) is 82.1 Å². The molecule has 4 heterocycles. The quantitative estimate of drug-likeness (QED) is 0.627. The average Bonchev–Trinajstić information content (AvgIpc) is 3.20. The van der Waals surface area contributed by atoms with Crippen LogP contribution in [-0.2, 0) is 11.8 Å². The number of aliphatic carboxylic acids is 1. The van der Waals surface area contributed by atoms with Crippen molar-refractivity contribution in [3.05, 3.63) is 24.7 Å². The van der Waals surface area contributed by atoms with Crippen molar-refractivity contribution in [2.75, 3.05) is 54.4 Å². The molecule has 2 aromatic heterocycles. The summed E-state index contributed by atoms with van der Waals surface area (Å²) in [4.78, 5) is 27.1. The van der Waals surface area contributed by atoms with Crippen molar-refractivity contribution in [2.24, 2.45) is 7.05 Å². The summed E-state index contributed by atoms with van der Waals surface area (Å²) in [7, 11) is 2.04. The molecule has 176 valence electrons. The first-order valence-corrected chi connectivity index (χ1v) is 10.3. The molecule has 0 aromatic carbocycles. The summed E-state index contributed by atoms with van der Waals surface area (Å²) in [6.45, 7) is 5.87. The average molecular weight is 456 g/mol. The van der Waals surface area contributed by atoms with Crippen LogP contribution in [0.5, 0.6) is 0 Å². The number of piperidine rings is 1. The van der Waals surface area contributed by atoms with E-state index in [1.807, 2.05) is 31.7 Å². The van der Waals surface area contributed by atoms with E-state index in [2.05, 4.69) is 35.0 Å². The maximum Gasteiger partial charge on any atom is 0.490 e. The predicted molar refractivity (Wildman–Crippen MR) is 113 cm³/mol. The van der Waals surface area contributed by atoms with Crippen LogP contribution < -0.4 is 20.4 Å². The Bertz CT molecular complexity index is 877. The van der Waals surface area contributed by atoms with E-state index in [1.165, 1.54) is 12.8 Å². The minimum absolute atomic E-state index is 0.421. The molecular formula is C19H27F3N8O2. The third-order valence-electron chi connectivity index (χ3n) is 5.20. The smallest absolute Gasteiger partial charge is 0.475 e. The van der Waals surface area contributed by atoms with Gasteiger partial charge in [0.1, 0.15) is 5.82 Å². The Morgan fingerprint density at radius 2 is 1.88 bits per heavy atom. The second kappa shape index (κ2) is 10.5. The van der Waals surface area contributed by atoms with E-state index in [0.29, 0.717) is 6.04 Å². The molecule has 0 bridgehead atoms. The molecule has 0 amide bonds. The summed E-state index contributed by atoms with van der Waals surface area (Å²) in [5, 5.41) is 14.0. The number of anilines is 3. The molecule has 2 aliphatic rings. The van der Waals surface area contributed by atoms with Gasteiger partial charge in [0.05, 0.1) is 0 Å². The Hall–Kier alpha value is -3.09. The van der Waals surface area contributed by atoms with Gasteiger partial charge in [-0.3, -0.25) is 0 Å². The molecule has 2 fully saturated rings. The van der Waals surface area contributed by atoms with E-state index >= 15 is 0 Å². The van der Waals surface area contributed by atoms with Gasteiger partial charge in [-0.2, -0.15) is 18.2 Å². The van der Waals surface area contributed by atoms with Gasteiger partial charge in [0.15, 0.2) is 0 Å². The standard InChI is InChI=1S/C17H26N8.C2HF3O2/c1-23-8-7-20-17(23)25-11-9-24(10-12-25)15-4-6-19-16(22-15)21-14-3-2-5-18-13-14;3-2(4,5)1(6)7/h4,6-8,14,18H,2-3,5,9-13H2,1H3,(H,19,21,22);(H,6,7). The zero-order chi connectivity index (χ0) is 23.1. The number of halogens is 3. The second-order valence-corrected chi connectivity index (χ2v) is 7.54. The number of carbonyl (C=O) groups is 1. The number of rotatable bonds is 4. The lowest BCUT2D eigenvalue weighted by molar-refractivity contribution is -0.192. The first-order chi connectivity index (χ1) is 15.2. The highest BCUT2D eigenvalue weighted by molar-refractivity contribution is 5.73. The van der Waals surface area contributed by atoms with Gasteiger partial charge in [0.2, 0.25) is 11.9 Å². The molecule has 32 heavy (non-hydrogen) atoms. The SMILES string of the molecule is Cn1ccnc1N1CCN(c2ccnc(NC3CCCNC3)n2)CC1.O=C(O)C(F)(F)F. The molecule has 1 unspecified atom stereocenters. The molecule has 4 rings (SSSR count). The van der Waals surface area contributed by atoms with Crippen LogP contribution in [0.15, 0.2) is 24.7 Å². The number of nitrogens with zero attached hydrogens (tertiary/aromatic N) is 6. The Morgan fingerprint density at radius 1 is 1.19 bits per heavy atom. The minimum Gasteiger partial charge on any atom is -0.475 e. The third-order valence-corrected chi connectivity index (χ3v) is 5.20. The van der Waals surface area contributed by atoms with Gasteiger partial charge in [-0.15, -0.1) is 0 Å². The van der Waals surface area contributed by atoms with Crippen molar-refractivity contribution in [3.8, 4) is 0 Å². The molecule has 2 aliphatic heterocycles. The number of carboxylic acids is 1. The number of aryl methyl sites for hydroxylation is 1. The van der Waals surface area contributed by atoms with Gasteiger partial charge in [0, 0.05) is 64.4 Å². The molecule has 0 saturated carbocycles. The van der Waals surface area contributed by atoms with Crippen LogP contribution in [0.1, 0.15) is 12.8 Å². The highest BCUT2D eigenvalue weighted by Crippen LogP contribution is 2.19. The Morgan fingerprint density at radius 3 is 2.44 bits per heavy atom. The molecule has 2 saturated heterocycles. The number of piperazine rings is 1. The summed E-state index contributed by atoms with van der Waals surface area (Å²) in [5.41, 5.74) is 0. The van der Waals surface area contributed by atoms with E-state index < -0.39 is 12.1 Å². The van der Waals surface area contributed by atoms with Crippen LogP contribution in [0.2, 0.25) is 0 Å². The van der Waals surface area contributed by atoms with Gasteiger partial charge < -0.3 is 30.1 Å². The van der Waals surface area contributed by atoms with Crippen molar-refractivity contribution in [1.29, 1.82) is 0 Å². The van der Waals surface area contributed by atoms with Crippen LogP contribution in [0, 0.1) is 0 Å². The van der Waals surface area contributed by atoms with Gasteiger partial charge in [0.25, 0.3) is 0 Å². The maximum atomic E-state index is 10.6. The molecule has 3 N–H and O–H groups in total. The first-order valence-electron chi connectivity index (χ1n) is 10.3. The topological polar surface area (TPSA) is 111 Å². The lowest BCUT2D eigenvalue weighted by Crippen LogP contribution is -2.47. The van der Waals surface area contributed by atoms with E-state index in [9.17, 15) is 13.2 Å². The summed E-state index contributed by atoms with van der Waals surface area (Å²) >= 11 is 0. The summed E-state index contributed by atoms with van der Waals surface area (Å²) in [6, 6.07) is 2.42. The number of imidazole rings is 1. The third kappa shape index (κ3) is 6.45. The molecule has 0 aliphatic carbocycles. The van der Waals surface area contributed by atoms with Crippen molar-refractivity contribution in [2.45, 2.75) is 25.1 Å². The minimum atomic E-state index is -5.08. The maximum absolute atomic E-state index is 10.6. The summed E-state index contributed by atoms with van der Waals surface area (Å²) in [5.74, 6) is 0.0143. The van der Waals surface area contributed by atoms with Crippen LogP contribution in [0.25, 0.3) is 0 Å². The van der Waals surface area contributed by atoms with Crippen molar-refractivity contribution in [1.82, 2.24) is 24.8 Å². The number of nitrogens with one attached hydrogen (secondary N) is 2. The Labute approximate surface area is 183 Å². The lowest BCUT2D eigenvalue weighted by Gasteiger charge is -2.36. The largest absolute Gasteiger partial charge is 0.490 e. The zero-order valence-corrected chi connectivity index (χ0v) is 17.7. The number of hydrogen-bond acceptors (Lipinski definition) is 8. The molecule has 2 aromatic rings. The fraction of sp³-hybridized carbons (Fsp3) is 0.579.